The Morgan fingerprint density at radius 1 is 0.923 bits per heavy atom. The molecule has 1 unspecified atom stereocenters. The predicted molar refractivity (Wildman–Crippen MR) is 106 cm³/mol. The van der Waals surface area contributed by atoms with E-state index in [4.69, 9.17) is 14.2 Å². The fourth-order valence-corrected chi connectivity index (χ4v) is 4.07. The Labute approximate surface area is 156 Å². The summed E-state index contributed by atoms with van der Waals surface area (Å²) in [4.78, 5) is 2.44. The van der Waals surface area contributed by atoms with E-state index in [0.29, 0.717) is 0 Å². The normalized spacial score (nSPS) is 20.5. The maximum absolute atomic E-state index is 5.67. The Hall–Kier alpha value is -2.20. The molecule has 0 aromatic heterocycles. The third-order valence-corrected chi connectivity index (χ3v) is 5.47. The van der Waals surface area contributed by atoms with Crippen LogP contribution in [0.3, 0.4) is 0 Å². The standard InChI is InChI=1S/C22H29NO3/c1-24-17-22(18-8-6-9-19(16-18)25-2)12-7-14-23(15-13-22)20-10-4-5-11-21(20)26-3/h4-6,8-11,16H,7,12-15,17H2,1-3H3. The number of nitrogens with zero attached hydrogens (tertiary/aromatic N) is 1. The lowest BCUT2D eigenvalue weighted by molar-refractivity contribution is 0.120. The van der Waals surface area contributed by atoms with Gasteiger partial charge in [-0.3, -0.25) is 0 Å². The lowest BCUT2D eigenvalue weighted by Gasteiger charge is -2.33. The molecule has 4 nitrogen and oxygen atoms in total. The van der Waals surface area contributed by atoms with E-state index < -0.39 is 0 Å². The first-order valence-electron chi connectivity index (χ1n) is 9.24. The van der Waals surface area contributed by atoms with Crippen molar-refractivity contribution in [3.05, 3.63) is 54.1 Å². The molecule has 0 aliphatic carbocycles. The van der Waals surface area contributed by atoms with Crippen LogP contribution >= 0.6 is 0 Å². The van der Waals surface area contributed by atoms with Gasteiger partial charge in [0, 0.05) is 25.6 Å². The molecule has 0 radical (unpaired) electrons. The molecule has 0 spiro atoms. The van der Waals surface area contributed by atoms with Gasteiger partial charge in [-0.15, -0.1) is 0 Å². The van der Waals surface area contributed by atoms with Gasteiger partial charge in [-0.25, -0.2) is 0 Å². The first-order chi connectivity index (χ1) is 12.7. The van der Waals surface area contributed by atoms with Crippen LogP contribution in [-0.4, -0.2) is 41.0 Å². The average Bonchev–Trinajstić information content (AvgIpc) is 2.92. The predicted octanol–water partition coefficient (Wildman–Crippen LogP) is 4.28. The lowest BCUT2D eigenvalue weighted by Crippen LogP contribution is -2.33. The van der Waals surface area contributed by atoms with E-state index in [1.807, 2.05) is 18.2 Å². The van der Waals surface area contributed by atoms with Crippen LogP contribution in [0.5, 0.6) is 11.5 Å². The van der Waals surface area contributed by atoms with Crippen molar-refractivity contribution in [3.8, 4) is 11.5 Å². The maximum atomic E-state index is 5.67. The van der Waals surface area contributed by atoms with Gasteiger partial charge in [0.25, 0.3) is 0 Å². The highest BCUT2D eigenvalue weighted by atomic mass is 16.5. The minimum absolute atomic E-state index is 0.0139. The second-order valence-corrected chi connectivity index (χ2v) is 6.96. The lowest BCUT2D eigenvalue weighted by atomic mass is 9.75. The molecule has 140 valence electrons. The number of hydrogen-bond acceptors (Lipinski definition) is 4. The molecule has 0 amide bonds. The van der Waals surface area contributed by atoms with E-state index in [2.05, 4.69) is 35.2 Å². The molecule has 1 atom stereocenters. The van der Waals surface area contributed by atoms with Crippen LogP contribution in [0, 0.1) is 0 Å². The van der Waals surface area contributed by atoms with E-state index in [-0.39, 0.29) is 5.41 Å². The Bertz CT molecular complexity index is 718. The zero-order valence-electron chi connectivity index (χ0n) is 16.0. The van der Waals surface area contributed by atoms with Gasteiger partial charge in [0.05, 0.1) is 26.5 Å². The zero-order valence-corrected chi connectivity index (χ0v) is 16.0. The highest BCUT2D eigenvalue weighted by Crippen LogP contribution is 2.39. The third kappa shape index (κ3) is 3.80. The number of para-hydroxylation sites is 2. The van der Waals surface area contributed by atoms with E-state index >= 15 is 0 Å². The molecule has 0 saturated carbocycles. The molecule has 1 aliphatic heterocycles. The highest BCUT2D eigenvalue weighted by Gasteiger charge is 2.35. The average molecular weight is 355 g/mol. The van der Waals surface area contributed by atoms with Crippen LogP contribution in [0.15, 0.2) is 48.5 Å². The summed E-state index contributed by atoms with van der Waals surface area (Å²) in [5.41, 5.74) is 2.49. The summed E-state index contributed by atoms with van der Waals surface area (Å²) in [5, 5.41) is 0. The summed E-state index contributed by atoms with van der Waals surface area (Å²) in [6, 6.07) is 16.7. The van der Waals surface area contributed by atoms with Crippen molar-refractivity contribution in [3.63, 3.8) is 0 Å². The number of methoxy groups -OCH3 is 3. The van der Waals surface area contributed by atoms with Crippen molar-refractivity contribution in [2.75, 3.05) is 45.9 Å². The van der Waals surface area contributed by atoms with Gasteiger partial charge in [-0.2, -0.15) is 0 Å². The van der Waals surface area contributed by atoms with Crippen LogP contribution < -0.4 is 14.4 Å². The van der Waals surface area contributed by atoms with E-state index in [1.54, 1.807) is 21.3 Å². The van der Waals surface area contributed by atoms with Gasteiger partial charge in [0.1, 0.15) is 11.5 Å². The second-order valence-electron chi connectivity index (χ2n) is 6.96. The maximum Gasteiger partial charge on any atom is 0.142 e. The highest BCUT2D eigenvalue weighted by molar-refractivity contribution is 5.58. The third-order valence-electron chi connectivity index (χ3n) is 5.47. The van der Waals surface area contributed by atoms with Gasteiger partial charge in [0.15, 0.2) is 0 Å². The summed E-state index contributed by atoms with van der Waals surface area (Å²) >= 11 is 0. The van der Waals surface area contributed by atoms with Crippen molar-refractivity contribution >= 4 is 5.69 Å². The molecule has 1 heterocycles. The summed E-state index contributed by atoms with van der Waals surface area (Å²) in [5.74, 6) is 1.84. The Kier molecular flexibility index (Phi) is 6.04. The van der Waals surface area contributed by atoms with Crippen molar-refractivity contribution in [1.29, 1.82) is 0 Å². The molecule has 1 fully saturated rings. The molecule has 1 saturated heterocycles. The van der Waals surface area contributed by atoms with E-state index in [0.717, 1.165) is 50.5 Å². The minimum atomic E-state index is 0.0139. The van der Waals surface area contributed by atoms with Gasteiger partial charge >= 0.3 is 0 Å². The largest absolute Gasteiger partial charge is 0.497 e. The first kappa shape index (κ1) is 18.6. The Balaban J connectivity index is 1.87. The van der Waals surface area contributed by atoms with E-state index in [1.165, 1.54) is 11.3 Å². The minimum Gasteiger partial charge on any atom is -0.497 e. The van der Waals surface area contributed by atoms with Crippen LogP contribution in [0.4, 0.5) is 5.69 Å². The van der Waals surface area contributed by atoms with Crippen molar-refractivity contribution in [2.45, 2.75) is 24.7 Å². The van der Waals surface area contributed by atoms with Crippen LogP contribution in [0.25, 0.3) is 0 Å². The summed E-state index contributed by atoms with van der Waals surface area (Å²) in [6.45, 7) is 2.72. The molecule has 26 heavy (non-hydrogen) atoms. The van der Waals surface area contributed by atoms with Crippen LogP contribution in [0.2, 0.25) is 0 Å². The Morgan fingerprint density at radius 3 is 2.54 bits per heavy atom. The monoisotopic (exact) mass is 355 g/mol. The molecule has 4 heteroatoms. The number of hydrogen-bond donors (Lipinski definition) is 0. The second kappa shape index (κ2) is 8.45. The molecule has 0 bridgehead atoms. The Morgan fingerprint density at radius 2 is 1.77 bits per heavy atom. The topological polar surface area (TPSA) is 30.9 Å². The van der Waals surface area contributed by atoms with Gasteiger partial charge in [-0.05, 0) is 49.1 Å². The molecular weight excluding hydrogens is 326 g/mol. The van der Waals surface area contributed by atoms with Gasteiger partial charge in [-0.1, -0.05) is 24.3 Å². The molecule has 1 aliphatic rings. The summed E-state index contributed by atoms with van der Waals surface area (Å²) in [6.07, 6.45) is 3.24. The quantitative estimate of drug-likeness (QED) is 0.774. The zero-order chi connectivity index (χ0) is 18.4. The molecular formula is C22H29NO3. The van der Waals surface area contributed by atoms with Gasteiger partial charge in [0.2, 0.25) is 0 Å². The fourth-order valence-electron chi connectivity index (χ4n) is 4.07. The number of anilines is 1. The van der Waals surface area contributed by atoms with Crippen LogP contribution in [-0.2, 0) is 10.2 Å². The van der Waals surface area contributed by atoms with Gasteiger partial charge < -0.3 is 19.1 Å². The number of benzene rings is 2. The smallest absolute Gasteiger partial charge is 0.142 e. The van der Waals surface area contributed by atoms with E-state index in [9.17, 15) is 0 Å². The number of ether oxygens (including phenoxy) is 3. The molecule has 2 aromatic carbocycles. The van der Waals surface area contributed by atoms with Crippen LogP contribution in [0.1, 0.15) is 24.8 Å². The summed E-state index contributed by atoms with van der Waals surface area (Å²) < 4.78 is 16.7. The van der Waals surface area contributed by atoms with Crippen molar-refractivity contribution in [2.24, 2.45) is 0 Å². The fraction of sp³-hybridized carbons (Fsp3) is 0.455. The van der Waals surface area contributed by atoms with Crippen molar-refractivity contribution in [1.82, 2.24) is 0 Å². The molecule has 0 N–H and O–H groups in total. The first-order valence-corrected chi connectivity index (χ1v) is 9.24. The molecule has 3 rings (SSSR count). The summed E-state index contributed by atoms with van der Waals surface area (Å²) in [7, 11) is 5.26. The SMILES string of the molecule is COCC1(c2cccc(OC)c2)CCCN(c2ccccc2OC)CC1. The number of rotatable bonds is 6. The van der Waals surface area contributed by atoms with Crippen molar-refractivity contribution < 1.29 is 14.2 Å². The molecule has 2 aromatic rings.